The van der Waals surface area contributed by atoms with Gasteiger partial charge in [0.2, 0.25) is 0 Å². The molecule has 1 fully saturated rings. The van der Waals surface area contributed by atoms with Crippen molar-refractivity contribution in [2.24, 2.45) is 5.92 Å². The SMILES string of the molecule is CCN(CC1CC1)c1ncnc2c1oc1ccccc12. The lowest BCUT2D eigenvalue weighted by atomic mass is 10.2. The molecule has 0 radical (unpaired) electrons. The highest BCUT2D eigenvalue weighted by atomic mass is 16.3. The minimum atomic E-state index is 0.816. The molecule has 20 heavy (non-hydrogen) atoms. The molecule has 1 aliphatic carbocycles. The zero-order valence-electron chi connectivity index (χ0n) is 11.5. The smallest absolute Gasteiger partial charge is 0.196 e. The summed E-state index contributed by atoms with van der Waals surface area (Å²) >= 11 is 0. The Morgan fingerprint density at radius 1 is 1.25 bits per heavy atom. The van der Waals surface area contributed by atoms with Gasteiger partial charge in [0.25, 0.3) is 0 Å². The van der Waals surface area contributed by atoms with E-state index in [9.17, 15) is 0 Å². The van der Waals surface area contributed by atoms with Gasteiger partial charge in [-0.2, -0.15) is 0 Å². The first-order valence-corrected chi connectivity index (χ1v) is 7.24. The van der Waals surface area contributed by atoms with Gasteiger partial charge < -0.3 is 9.32 Å². The first-order valence-electron chi connectivity index (χ1n) is 7.24. The van der Waals surface area contributed by atoms with Crippen LogP contribution in [0.5, 0.6) is 0 Å². The zero-order valence-corrected chi connectivity index (χ0v) is 11.5. The van der Waals surface area contributed by atoms with Crippen molar-refractivity contribution < 1.29 is 4.42 Å². The molecule has 4 nitrogen and oxygen atoms in total. The van der Waals surface area contributed by atoms with Crippen LogP contribution in [-0.2, 0) is 0 Å². The van der Waals surface area contributed by atoms with Gasteiger partial charge >= 0.3 is 0 Å². The highest BCUT2D eigenvalue weighted by Crippen LogP contribution is 2.35. The van der Waals surface area contributed by atoms with Gasteiger partial charge in [-0.1, -0.05) is 12.1 Å². The summed E-state index contributed by atoms with van der Waals surface area (Å²) in [4.78, 5) is 11.2. The average Bonchev–Trinajstić information content (AvgIpc) is 3.23. The van der Waals surface area contributed by atoms with Gasteiger partial charge in [-0.3, -0.25) is 0 Å². The largest absolute Gasteiger partial charge is 0.450 e. The predicted octanol–water partition coefficient (Wildman–Crippen LogP) is 3.61. The number of benzene rings is 1. The van der Waals surface area contributed by atoms with Crippen molar-refractivity contribution in [2.45, 2.75) is 19.8 Å². The van der Waals surface area contributed by atoms with Crippen molar-refractivity contribution in [1.82, 2.24) is 9.97 Å². The van der Waals surface area contributed by atoms with Crippen molar-refractivity contribution in [3.63, 3.8) is 0 Å². The maximum Gasteiger partial charge on any atom is 0.196 e. The molecule has 2 heterocycles. The van der Waals surface area contributed by atoms with Crippen molar-refractivity contribution >= 4 is 27.9 Å². The van der Waals surface area contributed by atoms with Crippen LogP contribution in [0.4, 0.5) is 5.82 Å². The quantitative estimate of drug-likeness (QED) is 0.724. The van der Waals surface area contributed by atoms with E-state index in [4.69, 9.17) is 4.42 Å². The van der Waals surface area contributed by atoms with Gasteiger partial charge in [0.1, 0.15) is 17.4 Å². The lowest BCUT2D eigenvalue weighted by Gasteiger charge is -2.21. The molecule has 0 saturated heterocycles. The number of fused-ring (bicyclic) bond motifs is 3. The Hall–Kier alpha value is -2.10. The number of nitrogens with zero attached hydrogens (tertiary/aromatic N) is 3. The molecule has 1 aromatic carbocycles. The highest BCUT2D eigenvalue weighted by molar-refractivity contribution is 6.05. The number of para-hydroxylation sites is 1. The Morgan fingerprint density at radius 3 is 2.90 bits per heavy atom. The third-order valence-corrected chi connectivity index (χ3v) is 4.00. The van der Waals surface area contributed by atoms with Crippen LogP contribution in [0.25, 0.3) is 22.1 Å². The van der Waals surface area contributed by atoms with Gasteiger partial charge in [0.05, 0.1) is 0 Å². The van der Waals surface area contributed by atoms with E-state index in [2.05, 4.69) is 27.9 Å². The molecule has 3 aromatic rings. The molecule has 0 spiro atoms. The van der Waals surface area contributed by atoms with Crippen LogP contribution < -0.4 is 4.90 Å². The van der Waals surface area contributed by atoms with E-state index in [1.54, 1.807) is 6.33 Å². The van der Waals surface area contributed by atoms with Gasteiger partial charge in [-0.25, -0.2) is 9.97 Å². The molecule has 1 saturated carbocycles. The van der Waals surface area contributed by atoms with E-state index in [1.165, 1.54) is 12.8 Å². The summed E-state index contributed by atoms with van der Waals surface area (Å²) < 4.78 is 6.00. The van der Waals surface area contributed by atoms with Crippen molar-refractivity contribution in [3.05, 3.63) is 30.6 Å². The lowest BCUT2D eigenvalue weighted by molar-refractivity contribution is 0.655. The molecule has 2 aromatic heterocycles. The summed E-state index contributed by atoms with van der Waals surface area (Å²) in [5.41, 5.74) is 2.61. The summed E-state index contributed by atoms with van der Waals surface area (Å²) in [6.07, 6.45) is 4.32. The zero-order chi connectivity index (χ0) is 13.5. The fraction of sp³-hybridized carbons (Fsp3) is 0.375. The second-order valence-electron chi connectivity index (χ2n) is 5.46. The number of aromatic nitrogens is 2. The van der Waals surface area contributed by atoms with E-state index in [1.807, 2.05) is 18.2 Å². The molecule has 0 aliphatic heterocycles. The molecular weight excluding hydrogens is 250 g/mol. The molecule has 1 aliphatic rings. The van der Waals surface area contributed by atoms with E-state index < -0.39 is 0 Å². The molecule has 0 N–H and O–H groups in total. The summed E-state index contributed by atoms with van der Waals surface area (Å²) in [6, 6.07) is 8.04. The molecule has 0 atom stereocenters. The summed E-state index contributed by atoms with van der Waals surface area (Å²) in [5, 5.41) is 1.06. The fourth-order valence-electron chi connectivity index (χ4n) is 2.71. The predicted molar refractivity (Wildman–Crippen MR) is 79.9 cm³/mol. The monoisotopic (exact) mass is 267 g/mol. The Morgan fingerprint density at radius 2 is 2.10 bits per heavy atom. The van der Waals surface area contributed by atoms with Crippen LogP contribution in [0.2, 0.25) is 0 Å². The Kier molecular flexibility index (Phi) is 2.62. The standard InChI is InChI=1S/C16H17N3O/c1-2-19(9-11-7-8-11)16-15-14(17-10-18-16)12-5-3-4-6-13(12)20-15/h3-6,10-11H,2,7-9H2,1H3. The fourth-order valence-corrected chi connectivity index (χ4v) is 2.71. The number of rotatable bonds is 4. The van der Waals surface area contributed by atoms with Gasteiger partial charge in [-0.15, -0.1) is 0 Å². The maximum absolute atomic E-state index is 6.00. The topological polar surface area (TPSA) is 42.2 Å². The second-order valence-corrected chi connectivity index (χ2v) is 5.46. The molecule has 102 valence electrons. The van der Waals surface area contributed by atoms with Crippen LogP contribution in [0, 0.1) is 5.92 Å². The van der Waals surface area contributed by atoms with Crippen LogP contribution in [0.15, 0.2) is 35.0 Å². The van der Waals surface area contributed by atoms with Crippen LogP contribution in [0.3, 0.4) is 0 Å². The van der Waals surface area contributed by atoms with E-state index >= 15 is 0 Å². The molecule has 0 amide bonds. The average molecular weight is 267 g/mol. The summed E-state index contributed by atoms with van der Waals surface area (Å²) in [5.74, 6) is 1.75. The second kappa shape index (κ2) is 4.47. The van der Waals surface area contributed by atoms with Crippen molar-refractivity contribution in [3.8, 4) is 0 Å². The number of furan rings is 1. The Balaban J connectivity index is 1.89. The van der Waals surface area contributed by atoms with E-state index in [0.717, 1.165) is 46.9 Å². The minimum absolute atomic E-state index is 0.816. The maximum atomic E-state index is 6.00. The molecule has 4 rings (SSSR count). The Bertz CT molecular complexity index is 761. The highest BCUT2D eigenvalue weighted by Gasteiger charge is 2.26. The minimum Gasteiger partial charge on any atom is -0.450 e. The van der Waals surface area contributed by atoms with Gasteiger partial charge in [-0.05, 0) is 37.8 Å². The first kappa shape index (κ1) is 11.7. The van der Waals surface area contributed by atoms with Crippen LogP contribution in [-0.4, -0.2) is 23.1 Å². The summed E-state index contributed by atoms with van der Waals surface area (Å²) in [6.45, 7) is 4.18. The molecule has 4 heteroatoms. The molecule has 0 unspecified atom stereocenters. The van der Waals surface area contributed by atoms with Crippen molar-refractivity contribution in [2.75, 3.05) is 18.0 Å². The third-order valence-electron chi connectivity index (χ3n) is 4.00. The lowest BCUT2D eigenvalue weighted by Crippen LogP contribution is -2.26. The summed E-state index contributed by atoms with van der Waals surface area (Å²) in [7, 11) is 0. The molecule has 0 bridgehead atoms. The normalized spacial score (nSPS) is 15.1. The number of hydrogen-bond acceptors (Lipinski definition) is 4. The number of anilines is 1. The first-order chi connectivity index (χ1) is 9.86. The van der Waals surface area contributed by atoms with Crippen molar-refractivity contribution in [1.29, 1.82) is 0 Å². The van der Waals surface area contributed by atoms with Crippen LogP contribution in [0.1, 0.15) is 19.8 Å². The van der Waals surface area contributed by atoms with Gasteiger partial charge in [0.15, 0.2) is 11.4 Å². The van der Waals surface area contributed by atoms with Crippen LogP contribution >= 0.6 is 0 Å². The molecular formula is C16H17N3O. The van der Waals surface area contributed by atoms with Gasteiger partial charge in [0, 0.05) is 18.5 Å². The number of hydrogen-bond donors (Lipinski definition) is 0. The third kappa shape index (κ3) is 1.83. The van der Waals surface area contributed by atoms with E-state index in [-0.39, 0.29) is 0 Å². The van der Waals surface area contributed by atoms with E-state index in [0.29, 0.717) is 0 Å². The Labute approximate surface area is 117 Å².